The number of hydrogen-bond donors (Lipinski definition) is 0. The molecule has 0 bridgehead atoms. The third kappa shape index (κ3) is 8.81. The summed E-state index contributed by atoms with van der Waals surface area (Å²) in [4.78, 5) is 16.2. The van der Waals surface area contributed by atoms with E-state index in [9.17, 15) is 18.0 Å². The fraction of sp³-hybridized carbons (Fsp3) is 0.343. The Balaban J connectivity index is 1.17. The molecule has 0 aromatic heterocycles. The van der Waals surface area contributed by atoms with E-state index in [-0.39, 0.29) is 25.6 Å². The summed E-state index contributed by atoms with van der Waals surface area (Å²) in [7, 11) is 0. The zero-order valence-corrected chi connectivity index (χ0v) is 24.0. The molecule has 8 heteroatoms. The molecule has 0 saturated carbocycles. The first-order chi connectivity index (χ1) is 20.8. The van der Waals surface area contributed by atoms with Crippen LogP contribution in [0.4, 0.5) is 13.2 Å². The van der Waals surface area contributed by atoms with Gasteiger partial charge >= 0.3 is 12.1 Å². The van der Waals surface area contributed by atoms with Crippen molar-refractivity contribution in [2.45, 2.75) is 56.9 Å². The number of carbonyl (C=O) groups is 1. The zero-order valence-electron chi connectivity index (χ0n) is 24.0. The Morgan fingerprint density at radius 3 is 2.33 bits per heavy atom. The molecule has 5 nitrogen and oxygen atoms in total. The number of ether oxygens (including phenoxy) is 2. The van der Waals surface area contributed by atoms with Gasteiger partial charge in [0.25, 0.3) is 0 Å². The Hall–Kier alpha value is -3.88. The maximum absolute atomic E-state index is 12.9. The first kappa shape index (κ1) is 30.6. The molecule has 2 unspecified atom stereocenters. The summed E-state index contributed by atoms with van der Waals surface area (Å²) in [6.45, 7) is 1.11. The molecule has 0 aliphatic carbocycles. The minimum absolute atomic E-state index is 0.0291. The lowest BCUT2D eigenvalue weighted by molar-refractivity contribution is -0.248. The molecule has 1 fully saturated rings. The van der Waals surface area contributed by atoms with Crippen LogP contribution in [0.3, 0.4) is 0 Å². The van der Waals surface area contributed by atoms with Crippen molar-refractivity contribution in [1.82, 2.24) is 5.06 Å². The summed E-state index contributed by atoms with van der Waals surface area (Å²) in [6, 6.07) is 32.3. The fourth-order valence-corrected chi connectivity index (χ4v) is 5.48. The largest absolute Gasteiger partial charge is 0.494 e. The molecular weight excluding hydrogens is 555 g/mol. The summed E-state index contributed by atoms with van der Waals surface area (Å²) in [5.74, 6) is -1.54. The van der Waals surface area contributed by atoms with Crippen molar-refractivity contribution in [2.24, 2.45) is 0 Å². The summed E-state index contributed by atoms with van der Waals surface area (Å²) in [5, 5.41) is 3.25. The second-order valence-corrected chi connectivity index (χ2v) is 10.9. The second kappa shape index (κ2) is 14.5. The SMILES string of the molecule is O=C(ON1CCC(c2ccc(OCCCCCc3ccccc3)cc2)C(OCc2ccc3ccccc3c2)C1)C(F)(F)F. The highest BCUT2D eigenvalue weighted by atomic mass is 19.4. The molecule has 2 atom stereocenters. The highest BCUT2D eigenvalue weighted by Crippen LogP contribution is 2.33. The maximum Gasteiger partial charge on any atom is 0.492 e. The number of hydroxylamine groups is 2. The summed E-state index contributed by atoms with van der Waals surface area (Å²) in [5.41, 5.74) is 3.30. The predicted molar refractivity (Wildman–Crippen MR) is 160 cm³/mol. The van der Waals surface area contributed by atoms with Gasteiger partial charge in [0.2, 0.25) is 0 Å². The lowest BCUT2D eigenvalue weighted by Crippen LogP contribution is -2.46. The Bertz CT molecular complexity index is 1460. The third-order valence-electron chi connectivity index (χ3n) is 7.77. The Labute approximate surface area is 250 Å². The third-order valence-corrected chi connectivity index (χ3v) is 7.77. The van der Waals surface area contributed by atoms with E-state index in [4.69, 9.17) is 9.47 Å². The molecule has 0 radical (unpaired) electrons. The topological polar surface area (TPSA) is 48.0 Å². The van der Waals surface area contributed by atoms with Crippen LogP contribution in [0.2, 0.25) is 0 Å². The van der Waals surface area contributed by atoms with Crippen LogP contribution in [-0.4, -0.2) is 43.0 Å². The van der Waals surface area contributed by atoms with E-state index < -0.39 is 18.2 Å². The van der Waals surface area contributed by atoms with Gasteiger partial charge < -0.3 is 14.3 Å². The van der Waals surface area contributed by atoms with Gasteiger partial charge in [-0.25, -0.2) is 4.79 Å². The van der Waals surface area contributed by atoms with Crippen LogP contribution >= 0.6 is 0 Å². The van der Waals surface area contributed by atoms with E-state index in [1.54, 1.807) is 0 Å². The Morgan fingerprint density at radius 1 is 0.814 bits per heavy atom. The fourth-order valence-electron chi connectivity index (χ4n) is 5.48. The minimum Gasteiger partial charge on any atom is -0.494 e. The monoisotopic (exact) mass is 591 g/mol. The van der Waals surface area contributed by atoms with Crippen LogP contribution in [-0.2, 0) is 27.4 Å². The highest BCUT2D eigenvalue weighted by molar-refractivity contribution is 5.82. The van der Waals surface area contributed by atoms with Crippen molar-refractivity contribution < 1.29 is 32.3 Å². The van der Waals surface area contributed by atoms with Gasteiger partial charge in [0.1, 0.15) is 5.75 Å². The first-order valence-electron chi connectivity index (χ1n) is 14.8. The van der Waals surface area contributed by atoms with Gasteiger partial charge in [-0.1, -0.05) is 78.9 Å². The molecule has 0 N–H and O–H groups in total. The first-order valence-corrected chi connectivity index (χ1v) is 14.8. The van der Waals surface area contributed by atoms with Crippen LogP contribution < -0.4 is 4.74 Å². The normalized spacial score (nSPS) is 17.6. The molecule has 1 aliphatic heterocycles. The number of fused-ring (bicyclic) bond motifs is 1. The molecule has 5 rings (SSSR count). The predicted octanol–water partition coefficient (Wildman–Crippen LogP) is 8.03. The quantitative estimate of drug-likeness (QED) is 0.156. The molecule has 1 aliphatic rings. The van der Waals surface area contributed by atoms with Crippen LogP contribution in [0.15, 0.2) is 97.1 Å². The number of hydrogen-bond acceptors (Lipinski definition) is 5. The molecule has 0 spiro atoms. The number of unbranched alkanes of at least 4 members (excludes halogenated alkanes) is 2. The van der Waals surface area contributed by atoms with Gasteiger partial charge in [0.15, 0.2) is 0 Å². The number of benzene rings is 4. The van der Waals surface area contributed by atoms with Crippen molar-refractivity contribution in [1.29, 1.82) is 0 Å². The summed E-state index contributed by atoms with van der Waals surface area (Å²) >= 11 is 0. The Kier molecular flexibility index (Phi) is 10.3. The number of rotatable bonds is 12. The Morgan fingerprint density at radius 2 is 1.56 bits per heavy atom. The lowest BCUT2D eigenvalue weighted by Gasteiger charge is -2.37. The van der Waals surface area contributed by atoms with E-state index in [1.165, 1.54) is 5.56 Å². The van der Waals surface area contributed by atoms with E-state index in [0.29, 0.717) is 13.0 Å². The number of alkyl halides is 3. The van der Waals surface area contributed by atoms with Crippen molar-refractivity contribution >= 4 is 16.7 Å². The molecule has 226 valence electrons. The van der Waals surface area contributed by atoms with E-state index in [0.717, 1.165) is 58.4 Å². The number of nitrogens with zero attached hydrogens (tertiary/aromatic N) is 1. The van der Waals surface area contributed by atoms with E-state index >= 15 is 0 Å². The van der Waals surface area contributed by atoms with Crippen LogP contribution in [0.25, 0.3) is 10.8 Å². The number of halogens is 3. The van der Waals surface area contributed by atoms with Crippen LogP contribution in [0.5, 0.6) is 5.75 Å². The van der Waals surface area contributed by atoms with Crippen molar-refractivity contribution in [3.8, 4) is 5.75 Å². The smallest absolute Gasteiger partial charge is 0.492 e. The van der Waals surface area contributed by atoms with Gasteiger partial charge in [-0.05, 0) is 77.8 Å². The van der Waals surface area contributed by atoms with Crippen molar-refractivity contribution in [2.75, 3.05) is 19.7 Å². The summed E-state index contributed by atoms with van der Waals surface area (Å²) < 4.78 is 50.8. The van der Waals surface area contributed by atoms with Gasteiger partial charge in [-0.3, -0.25) is 0 Å². The van der Waals surface area contributed by atoms with E-state index in [2.05, 4.69) is 29.1 Å². The molecule has 4 aromatic carbocycles. The number of piperidine rings is 1. The zero-order chi connectivity index (χ0) is 30.1. The number of aryl methyl sites for hydroxylation is 1. The molecule has 43 heavy (non-hydrogen) atoms. The van der Waals surface area contributed by atoms with E-state index in [1.807, 2.05) is 72.8 Å². The summed E-state index contributed by atoms with van der Waals surface area (Å²) in [6.07, 6.45) is -0.851. The molecular formula is C35H36F3NO4. The molecule has 1 saturated heterocycles. The number of carbonyl (C=O) groups excluding carboxylic acids is 1. The lowest BCUT2D eigenvalue weighted by atomic mass is 9.87. The van der Waals surface area contributed by atoms with Gasteiger partial charge in [-0.2, -0.15) is 13.2 Å². The molecule has 4 aromatic rings. The average molecular weight is 592 g/mol. The van der Waals surface area contributed by atoms with Crippen LogP contribution in [0, 0.1) is 0 Å². The molecule has 1 heterocycles. The minimum atomic E-state index is -5.06. The van der Waals surface area contributed by atoms with Crippen LogP contribution in [0.1, 0.15) is 48.3 Å². The average Bonchev–Trinajstić information content (AvgIpc) is 3.02. The van der Waals surface area contributed by atoms with Crippen molar-refractivity contribution in [3.63, 3.8) is 0 Å². The van der Waals surface area contributed by atoms with Gasteiger partial charge in [-0.15, -0.1) is 5.06 Å². The standard InChI is InChI=1S/C35H36F3NO4/c36-35(37,38)34(40)43-39-21-20-32(33(24-39)42-25-27-14-15-28-12-6-7-13-30(28)23-27)29-16-18-31(19-17-29)41-22-8-2-5-11-26-9-3-1-4-10-26/h1,3-4,6-7,9-10,12-19,23,32-33H,2,5,8,11,20-22,24-25H2. The second-order valence-electron chi connectivity index (χ2n) is 10.9. The molecule has 0 amide bonds. The van der Waals surface area contributed by atoms with Gasteiger partial charge in [0, 0.05) is 12.5 Å². The van der Waals surface area contributed by atoms with Gasteiger partial charge in [0.05, 0.1) is 25.9 Å². The maximum atomic E-state index is 12.9. The highest BCUT2D eigenvalue weighted by Gasteiger charge is 2.44. The van der Waals surface area contributed by atoms with Crippen molar-refractivity contribution in [3.05, 3.63) is 114 Å².